The van der Waals surface area contributed by atoms with Crippen molar-refractivity contribution in [1.82, 2.24) is 4.90 Å². The zero-order chi connectivity index (χ0) is 12.7. The van der Waals surface area contributed by atoms with Gasteiger partial charge in [-0.3, -0.25) is 4.79 Å². The molecule has 4 heteroatoms. The molecule has 0 radical (unpaired) electrons. The molecule has 0 unspecified atom stereocenters. The van der Waals surface area contributed by atoms with Crippen molar-refractivity contribution in [1.29, 1.82) is 5.26 Å². The lowest BCUT2D eigenvalue weighted by Crippen LogP contribution is -2.22. The van der Waals surface area contributed by atoms with Crippen molar-refractivity contribution >= 4 is 11.6 Å². The van der Waals surface area contributed by atoms with E-state index in [0.29, 0.717) is 12.0 Å². The number of carbonyl (C=O) groups is 1. The number of benzene rings is 1. The third-order valence-corrected chi connectivity index (χ3v) is 2.39. The summed E-state index contributed by atoms with van der Waals surface area (Å²) in [5.74, 6) is 0.137. The molecule has 0 atom stereocenters. The number of nitrogens with one attached hydrogen (secondary N) is 1. The van der Waals surface area contributed by atoms with Gasteiger partial charge in [0.05, 0.1) is 11.6 Å². The maximum absolute atomic E-state index is 11.3. The SMILES string of the molecule is CN(C)C(=O)CCCNc1cccc(C#N)c1. The summed E-state index contributed by atoms with van der Waals surface area (Å²) in [4.78, 5) is 12.9. The average Bonchev–Trinajstić information content (AvgIpc) is 2.34. The quantitative estimate of drug-likeness (QED) is 0.787. The number of nitriles is 1. The molecule has 0 bridgehead atoms. The van der Waals surface area contributed by atoms with Gasteiger partial charge in [-0.05, 0) is 24.6 Å². The molecule has 90 valence electrons. The lowest BCUT2D eigenvalue weighted by Gasteiger charge is -2.10. The zero-order valence-corrected chi connectivity index (χ0v) is 10.2. The van der Waals surface area contributed by atoms with Crippen molar-refractivity contribution in [3.05, 3.63) is 29.8 Å². The van der Waals surface area contributed by atoms with Gasteiger partial charge in [-0.25, -0.2) is 0 Å². The van der Waals surface area contributed by atoms with Crippen LogP contribution in [0.15, 0.2) is 24.3 Å². The lowest BCUT2D eigenvalue weighted by atomic mass is 10.2. The Morgan fingerprint density at radius 2 is 2.24 bits per heavy atom. The van der Waals surface area contributed by atoms with Crippen LogP contribution >= 0.6 is 0 Å². The Labute approximate surface area is 102 Å². The van der Waals surface area contributed by atoms with E-state index in [9.17, 15) is 4.79 Å². The monoisotopic (exact) mass is 231 g/mol. The Kier molecular flexibility index (Phi) is 5.02. The van der Waals surface area contributed by atoms with Crippen LogP contribution in [0.2, 0.25) is 0 Å². The molecule has 0 aliphatic heterocycles. The van der Waals surface area contributed by atoms with Crippen LogP contribution in [-0.2, 0) is 4.79 Å². The highest BCUT2D eigenvalue weighted by molar-refractivity contribution is 5.75. The minimum absolute atomic E-state index is 0.137. The summed E-state index contributed by atoms with van der Waals surface area (Å²) in [6.07, 6.45) is 1.33. The average molecular weight is 231 g/mol. The molecule has 1 rings (SSSR count). The molecule has 1 amide bonds. The van der Waals surface area contributed by atoms with Crippen molar-refractivity contribution in [2.75, 3.05) is 26.0 Å². The minimum atomic E-state index is 0.137. The molecular weight excluding hydrogens is 214 g/mol. The van der Waals surface area contributed by atoms with E-state index < -0.39 is 0 Å². The van der Waals surface area contributed by atoms with E-state index in [4.69, 9.17) is 5.26 Å². The van der Waals surface area contributed by atoms with Crippen LogP contribution in [0.25, 0.3) is 0 Å². The molecule has 0 saturated heterocycles. The van der Waals surface area contributed by atoms with Crippen LogP contribution in [0.5, 0.6) is 0 Å². The molecule has 0 aliphatic carbocycles. The number of carbonyl (C=O) groups excluding carboxylic acids is 1. The second-order valence-corrected chi connectivity index (χ2v) is 4.01. The predicted molar refractivity (Wildman–Crippen MR) is 67.6 cm³/mol. The highest BCUT2D eigenvalue weighted by Gasteiger charge is 2.02. The van der Waals surface area contributed by atoms with Crippen LogP contribution in [-0.4, -0.2) is 31.4 Å². The summed E-state index contributed by atoms with van der Waals surface area (Å²) in [5.41, 5.74) is 1.56. The largest absolute Gasteiger partial charge is 0.385 e. The first-order valence-electron chi connectivity index (χ1n) is 5.57. The van der Waals surface area contributed by atoms with E-state index in [0.717, 1.165) is 18.7 Å². The molecule has 0 fully saturated rings. The van der Waals surface area contributed by atoms with Gasteiger partial charge in [0.1, 0.15) is 0 Å². The van der Waals surface area contributed by atoms with Crippen LogP contribution in [0.1, 0.15) is 18.4 Å². The Morgan fingerprint density at radius 1 is 1.47 bits per heavy atom. The number of nitrogens with zero attached hydrogens (tertiary/aromatic N) is 2. The lowest BCUT2D eigenvalue weighted by molar-refractivity contribution is -0.128. The maximum Gasteiger partial charge on any atom is 0.222 e. The van der Waals surface area contributed by atoms with Gasteiger partial charge < -0.3 is 10.2 Å². The minimum Gasteiger partial charge on any atom is -0.385 e. The first-order chi connectivity index (χ1) is 8.13. The van der Waals surface area contributed by atoms with Gasteiger partial charge in [0, 0.05) is 32.7 Å². The standard InChI is InChI=1S/C13H17N3O/c1-16(2)13(17)7-4-8-15-12-6-3-5-11(9-12)10-14/h3,5-6,9,15H,4,7-8H2,1-2H3. The van der Waals surface area contributed by atoms with Crippen LogP contribution in [0.3, 0.4) is 0 Å². The van der Waals surface area contributed by atoms with Crippen molar-refractivity contribution in [3.8, 4) is 6.07 Å². The van der Waals surface area contributed by atoms with E-state index in [2.05, 4.69) is 11.4 Å². The van der Waals surface area contributed by atoms with E-state index in [1.807, 2.05) is 12.1 Å². The molecule has 1 N–H and O–H groups in total. The molecule has 0 aromatic heterocycles. The Bertz CT molecular complexity index is 421. The van der Waals surface area contributed by atoms with Crippen molar-refractivity contribution in [2.24, 2.45) is 0 Å². The highest BCUT2D eigenvalue weighted by Crippen LogP contribution is 2.09. The fourth-order valence-electron chi connectivity index (χ4n) is 1.39. The molecule has 1 aromatic rings. The number of hydrogen-bond acceptors (Lipinski definition) is 3. The van der Waals surface area contributed by atoms with Gasteiger partial charge in [0.25, 0.3) is 0 Å². The van der Waals surface area contributed by atoms with Gasteiger partial charge in [0.2, 0.25) is 5.91 Å². The summed E-state index contributed by atoms with van der Waals surface area (Å²) < 4.78 is 0. The number of hydrogen-bond donors (Lipinski definition) is 1. The normalized spacial score (nSPS) is 9.47. The Hall–Kier alpha value is -2.02. The Morgan fingerprint density at radius 3 is 2.88 bits per heavy atom. The smallest absolute Gasteiger partial charge is 0.222 e. The molecule has 1 aromatic carbocycles. The van der Waals surface area contributed by atoms with Gasteiger partial charge in [-0.1, -0.05) is 6.07 Å². The van der Waals surface area contributed by atoms with E-state index in [-0.39, 0.29) is 5.91 Å². The second kappa shape index (κ2) is 6.54. The number of rotatable bonds is 5. The zero-order valence-electron chi connectivity index (χ0n) is 10.2. The van der Waals surface area contributed by atoms with E-state index in [1.54, 1.807) is 31.1 Å². The summed E-state index contributed by atoms with van der Waals surface area (Å²) in [7, 11) is 3.51. The van der Waals surface area contributed by atoms with Crippen LogP contribution in [0.4, 0.5) is 5.69 Å². The molecule has 17 heavy (non-hydrogen) atoms. The van der Waals surface area contributed by atoms with Crippen LogP contribution < -0.4 is 5.32 Å². The Balaban J connectivity index is 2.31. The molecular formula is C13H17N3O. The molecule has 0 saturated carbocycles. The van der Waals surface area contributed by atoms with Crippen molar-refractivity contribution < 1.29 is 4.79 Å². The van der Waals surface area contributed by atoms with Gasteiger partial charge in [-0.2, -0.15) is 5.26 Å². The van der Waals surface area contributed by atoms with Gasteiger partial charge in [0.15, 0.2) is 0 Å². The number of anilines is 1. The topological polar surface area (TPSA) is 56.1 Å². The third kappa shape index (κ3) is 4.56. The molecule has 0 heterocycles. The predicted octanol–water partition coefficient (Wildman–Crippen LogP) is 1.84. The number of amides is 1. The van der Waals surface area contributed by atoms with Crippen molar-refractivity contribution in [3.63, 3.8) is 0 Å². The fraction of sp³-hybridized carbons (Fsp3) is 0.385. The fourth-order valence-corrected chi connectivity index (χ4v) is 1.39. The van der Waals surface area contributed by atoms with E-state index in [1.165, 1.54) is 0 Å². The molecule has 4 nitrogen and oxygen atoms in total. The van der Waals surface area contributed by atoms with Crippen LogP contribution in [0, 0.1) is 11.3 Å². The summed E-state index contributed by atoms with van der Waals surface area (Å²) >= 11 is 0. The molecule has 0 spiro atoms. The van der Waals surface area contributed by atoms with Crippen molar-refractivity contribution in [2.45, 2.75) is 12.8 Å². The third-order valence-electron chi connectivity index (χ3n) is 2.39. The first kappa shape index (κ1) is 13.0. The van der Waals surface area contributed by atoms with E-state index >= 15 is 0 Å². The first-order valence-corrected chi connectivity index (χ1v) is 5.57. The van der Waals surface area contributed by atoms with Gasteiger partial charge in [-0.15, -0.1) is 0 Å². The molecule has 0 aliphatic rings. The highest BCUT2D eigenvalue weighted by atomic mass is 16.2. The van der Waals surface area contributed by atoms with Gasteiger partial charge >= 0.3 is 0 Å². The second-order valence-electron chi connectivity index (χ2n) is 4.01. The summed E-state index contributed by atoms with van der Waals surface area (Å²) in [5, 5.41) is 11.9. The summed E-state index contributed by atoms with van der Waals surface area (Å²) in [6, 6.07) is 9.40. The summed E-state index contributed by atoms with van der Waals surface area (Å²) in [6.45, 7) is 0.731. The maximum atomic E-state index is 11.3.